The van der Waals surface area contributed by atoms with E-state index in [1.165, 1.54) is 23.9 Å². The fourth-order valence-electron chi connectivity index (χ4n) is 3.09. The van der Waals surface area contributed by atoms with Gasteiger partial charge in [0.1, 0.15) is 16.8 Å². The number of thioether (sulfide) groups is 1. The van der Waals surface area contributed by atoms with Gasteiger partial charge >= 0.3 is 0 Å². The van der Waals surface area contributed by atoms with Crippen LogP contribution in [-0.4, -0.2) is 52.0 Å². The molecular weight excluding hydrogens is 443 g/mol. The Morgan fingerprint density at radius 1 is 1.26 bits per heavy atom. The molecule has 0 aliphatic rings. The minimum Gasteiger partial charge on any atom is -0.347 e. The van der Waals surface area contributed by atoms with Gasteiger partial charge in [-0.15, -0.1) is 10.2 Å². The van der Waals surface area contributed by atoms with Gasteiger partial charge in [-0.1, -0.05) is 12.1 Å². The topological polar surface area (TPSA) is 118 Å². The van der Waals surface area contributed by atoms with Crippen LogP contribution in [0, 0.1) is 19.7 Å². The summed E-state index contributed by atoms with van der Waals surface area (Å²) in [6, 6.07) is 5.82. The third kappa shape index (κ3) is 5.38. The van der Waals surface area contributed by atoms with E-state index in [0.717, 1.165) is 23.5 Å². The minimum absolute atomic E-state index is 0.0305. The lowest BCUT2D eigenvalue weighted by Crippen LogP contribution is -2.47. The number of aryl methyl sites for hydroxylation is 2. The average Bonchev–Trinajstić information content (AvgIpc) is 3.12. The summed E-state index contributed by atoms with van der Waals surface area (Å²) in [5.41, 5.74) is 1.66. The maximum absolute atomic E-state index is 14.0. The minimum atomic E-state index is -4.22. The molecule has 31 heavy (non-hydrogen) atoms. The number of aromatic nitrogens is 4. The van der Waals surface area contributed by atoms with Gasteiger partial charge in [0, 0.05) is 11.4 Å². The lowest BCUT2D eigenvalue weighted by Gasteiger charge is -2.18. The second-order valence-electron chi connectivity index (χ2n) is 6.89. The number of amides is 1. The lowest BCUT2D eigenvalue weighted by molar-refractivity contribution is -0.123. The summed E-state index contributed by atoms with van der Waals surface area (Å²) >= 11 is 1.47. The molecule has 12 heteroatoms. The zero-order valence-electron chi connectivity index (χ0n) is 17.3. The second-order valence-corrected chi connectivity index (χ2v) is 9.56. The Hall–Kier alpha value is -2.57. The zero-order chi connectivity index (χ0) is 22.6. The Morgan fingerprint density at radius 3 is 2.71 bits per heavy atom. The fourth-order valence-corrected chi connectivity index (χ4v) is 4.87. The van der Waals surface area contributed by atoms with Gasteiger partial charge in [0.25, 0.3) is 5.78 Å². The summed E-state index contributed by atoms with van der Waals surface area (Å²) in [5, 5.41) is 10.8. The smallest absolute Gasteiger partial charge is 0.255 e. The molecule has 0 aliphatic carbocycles. The van der Waals surface area contributed by atoms with Gasteiger partial charge in [0.15, 0.2) is 5.82 Å². The number of carbonyl (C=O) groups excluding carboxylic acids is 1. The molecule has 1 amide bonds. The largest absolute Gasteiger partial charge is 0.347 e. The number of hydrogen-bond acceptors (Lipinski definition) is 7. The Balaban J connectivity index is 1.77. The number of nitrogens with zero attached hydrogens (tertiary/aromatic N) is 4. The molecule has 9 nitrogen and oxygen atoms in total. The molecule has 0 fully saturated rings. The molecule has 1 atom stereocenters. The van der Waals surface area contributed by atoms with Crippen LogP contribution < -0.4 is 10.0 Å². The number of benzene rings is 1. The van der Waals surface area contributed by atoms with Gasteiger partial charge in [-0.05, 0) is 50.5 Å². The molecule has 2 N–H and O–H groups in total. The van der Waals surface area contributed by atoms with Crippen molar-refractivity contribution in [2.45, 2.75) is 37.8 Å². The molecule has 3 rings (SSSR count). The summed E-state index contributed by atoms with van der Waals surface area (Å²) in [4.78, 5) is 16.6. The zero-order valence-corrected chi connectivity index (χ0v) is 18.9. The quantitative estimate of drug-likeness (QED) is 0.492. The van der Waals surface area contributed by atoms with Crippen LogP contribution in [0.1, 0.15) is 23.6 Å². The molecule has 0 saturated heterocycles. The number of nitrogens with one attached hydrogen (secondary N) is 2. The third-order valence-corrected chi connectivity index (χ3v) is 6.68. The van der Waals surface area contributed by atoms with E-state index in [2.05, 4.69) is 25.2 Å². The van der Waals surface area contributed by atoms with Crippen molar-refractivity contribution in [1.82, 2.24) is 29.6 Å². The Labute approximate surface area is 183 Å². The SMILES string of the molecule is CSCCC(NS(=O)(=O)c1ccccc1F)C(=O)NCc1nnc2nc(C)cc(C)n12. The van der Waals surface area contributed by atoms with Gasteiger partial charge in [0.05, 0.1) is 6.54 Å². The monoisotopic (exact) mass is 466 g/mol. The van der Waals surface area contributed by atoms with E-state index in [4.69, 9.17) is 0 Å². The summed E-state index contributed by atoms with van der Waals surface area (Å²) in [5.74, 6) is -0.000789. The van der Waals surface area contributed by atoms with Crippen molar-refractivity contribution >= 4 is 33.5 Å². The molecule has 1 aromatic carbocycles. The van der Waals surface area contributed by atoms with Crippen molar-refractivity contribution in [1.29, 1.82) is 0 Å². The number of sulfonamides is 1. The summed E-state index contributed by atoms with van der Waals surface area (Å²) in [7, 11) is -4.22. The van der Waals surface area contributed by atoms with Gasteiger partial charge in [-0.25, -0.2) is 17.8 Å². The van der Waals surface area contributed by atoms with Crippen molar-refractivity contribution < 1.29 is 17.6 Å². The normalized spacial score (nSPS) is 12.8. The molecule has 166 valence electrons. The fraction of sp³-hybridized carbons (Fsp3) is 0.368. The third-order valence-electron chi connectivity index (χ3n) is 4.53. The Morgan fingerprint density at radius 2 is 2.00 bits per heavy atom. The van der Waals surface area contributed by atoms with E-state index < -0.39 is 32.7 Å². The summed E-state index contributed by atoms with van der Waals surface area (Å²) < 4.78 is 43.3. The molecule has 0 saturated carbocycles. The highest BCUT2D eigenvalue weighted by atomic mass is 32.2. The summed E-state index contributed by atoms with van der Waals surface area (Å²) in [6.45, 7) is 3.75. The molecule has 0 aliphatic heterocycles. The van der Waals surface area contributed by atoms with Gasteiger partial charge in [-0.3, -0.25) is 9.20 Å². The first-order valence-corrected chi connectivity index (χ1v) is 12.3. The molecule has 0 bridgehead atoms. The second kappa shape index (κ2) is 9.71. The van der Waals surface area contributed by atoms with Crippen molar-refractivity contribution in [3.63, 3.8) is 0 Å². The molecule has 1 unspecified atom stereocenters. The van der Waals surface area contributed by atoms with Crippen molar-refractivity contribution in [2.75, 3.05) is 12.0 Å². The molecule has 0 spiro atoms. The van der Waals surface area contributed by atoms with E-state index in [9.17, 15) is 17.6 Å². The van der Waals surface area contributed by atoms with Gasteiger partial charge in [0.2, 0.25) is 15.9 Å². The first-order chi connectivity index (χ1) is 14.7. The van der Waals surface area contributed by atoms with Gasteiger partial charge in [-0.2, -0.15) is 16.5 Å². The van der Waals surface area contributed by atoms with Crippen LogP contribution in [0.5, 0.6) is 0 Å². The molecule has 0 radical (unpaired) electrons. The van der Waals surface area contributed by atoms with E-state index in [1.54, 1.807) is 4.40 Å². The van der Waals surface area contributed by atoms with Crippen molar-refractivity contribution in [2.24, 2.45) is 0 Å². The van der Waals surface area contributed by atoms with E-state index in [1.807, 2.05) is 26.2 Å². The molecular formula is C19H23FN6O3S2. The molecule has 2 heterocycles. The van der Waals surface area contributed by atoms with Crippen LogP contribution in [0.25, 0.3) is 5.78 Å². The average molecular weight is 467 g/mol. The van der Waals surface area contributed by atoms with Crippen molar-refractivity contribution in [3.8, 4) is 0 Å². The van der Waals surface area contributed by atoms with Crippen LogP contribution in [0.15, 0.2) is 35.2 Å². The van der Waals surface area contributed by atoms with Gasteiger partial charge < -0.3 is 5.32 Å². The van der Waals surface area contributed by atoms with E-state index in [0.29, 0.717) is 17.4 Å². The van der Waals surface area contributed by atoms with Crippen LogP contribution in [0.4, 0.5) is 4.39 Å². The van der Waals surface area contributed by atoms with Crippen LogP contribution in [-0.2, 0) is 21.4 Å². The van der Waals surface area contributed by atoms with Crippen LogP contribution in [0.3, 0.4) is 0 Å². The Kier molecular flexibility index (Phi) is 7.23. The number of halogens is 1. The molecule has 2 aromatic heterocycles. The predicted molar refractivity (Wildman–Crippen MR) is 116 cm³/mol. The van der Waals surface area contributed by atoms with E-state index in [-0.39, 0.29) is 13.0 Å². The van der Waals surface area contributed by atoms with Crippen LogP contribution in [0.2, 0.25) is 0 Å². The number of carbonyl (C=O) groups is 1. The highest BCUT2D eigenvalue weighted by Gasteiger charge is 2.27. The van der Waals surface area contributed by atoms with Crippen LogP contribution >= 0.6 is 11.8 Å². The first-order valence-electron chi connectivity index (χ1n) is 9.44. The number of rotatable bonds is 9. The first kappa shape index (κ1) is 23.1. The highest BCUT2D eigenvalue weighted by molar-refractivity contribution is 7.98. The highest BCUT2D eigenvalue weighted by Crippen LogP contribution is 2.15. The number of fused-ring (bicyclic) bond motifs is 1. The standard InChI is InChI=1S/C19H23FN6O3S2/c1-12-10-13(2)26-17(23-24-19(26)22-12)11-21-18(27)15(8-9-30-3)25-31(28,29)16-7-5-4-6-14(16)20/h4-7,10,15,25H,8-9,11H2,1-3H3,(H,21,27). The lowest BCUT2D eigenvalue weighted by atomic mass is 10.2. The molecule has 3 aromatic rings. The van der Waals surface area contributed by atoms with E-state index >= 15 is 0 Å². The maximum atomic E-state index is 14.0. The Bertz CT molecular complexity index is 1200. The maximum Gasteiger partial charge on any atom is 0.255 e. The number of hydrogen-bond donors (Lipinski definition) is 2. The van der Waals surface area contributed by atoms with Crippen molar-refractivity contribution in [3.05, 3.63) is 53.4 Å². The summed E-state index contributed by atoms with van der Waals surface area (Å²) in [6.07, 6.45) is 2.08. The predicted octanol–water partition coefficient (Wildman–Crippen LogP) is 1.60.